The molecule has 2 aromatic rings. The summed E-state index contributed by atoms with van der Waals surface area (Å²) >= 11 is 0. The van der Waals surface area contributed by atoms with E-state index in [-0.39, 0.29) is 17.2 Å². The standard InChI is InChI=1S/C20H23N3O4/c1-20(2,3)16-10-9-13(12-17(16)23(26)27)18(24)21-15-8-6-7-14(11-15)19(25)22(4)5/h6-12H,1-5H3,(H,21,24). The minimum absolute atomic E-state index is 0.0910. The van der Waals surface area contributed by atoms with Crippen LogP contribution in [0.2, 0.25) is 0 Å². The highest BCUT2D eigenvalue weighted by Crippen LogP contribution is 2.32. The second kappa shape index (κ2) is 7.57. The van der Waals surface area contributed by atoms with Gasteiger partial charge in [0.1, 0.15) is 0 Å². The fourth-order valence-corrected chi connectivity index (χ4v) is 2.65. The summed E-state index contributed by atoms with van der Waals surface area (Å²) in [5.41, 5.74) is 1.11. The number of benzene rings is 2. The zero-order valence-electron chi connectivity index (χ0n) is 16.1. The van der Waals surface area contributed by atoms with Gasteiger partial charge in [-0.15, -0.1) is 0 Å². The Morgan fingerprint density at radius 1 is 1.04 bits per heavy atom. The number of carbonyl (C=O) groups is 2. The molecule has 0 unspecified atom stereocenters. The zero-order chi connectivity index (χ0) is 20.4. The first-order valence-electron chi connectivity index (χ1n) is 8.42. The maximum absolute atomic E-state index is 12.5. The average molecular weight is 369 g/mol. The topological polar surface area (TPSA) is 92.6 Å². The third-order valence-electron chi connectivity index (χ3n) is 4.04. The fraction of sp³-hybridized carbons (Fsp3) is 0.300. The van der Waals surface area contributed by atoms with Crippen LogP contribution in [0.3, 0.4) is 0 Å². The lowest BCUT2D eigenvalue weighted by Crippen LogP contribution is -2.22. The van der Waals surface area contributed by atoms with E-state index in [9.17, 15) is 19.7 Å². The summed E-state index contributed by atoms with van der Waals surface area (Å²) < 4.78 is 0. The van der Waals surface area contributed by atoms with Crippen LogP contribution in [-0.4, -0.2) is 35.7 Å². The number of nitrogens with one attached hydrogen (secondary N) is 1. The van der Waals surface area contributed by atoms with Crippen molar-refractivity contribution in [3.05, 3.63) is 69.3 Å². The molecule has 0 saturated carbocycles. The highest BCUT2D eigenvalue weighted by Gasteiger charge is 2.26. The van der Waals surface area contributed by atoms with Crippen molar-refractivity contribution in [2.75, 3.05) is 19.4 Å². The Hall–Kier alpha value is -3.22. The molecule has 0 radical (unpaired) electrons. The van der Waals surface area contributed by atoms with Gasteiger partial charge in [-0.2, -0.15) is 0 Å². The summed E-state index contributed by atoms with van der Waals surface area (Å²) in [6.45, 7) is 5.63. The average Bonchev–Trinajstić information content (AvgIpc) is 2.59. The number of carbonyl (C=O) groups excluding carboxylic acids is 2. The lowest BCUT2D eigenvalue weighted by atomic mass is 9.85. The third-order valence-corrected chi connectivity index (χ3v) is 4.04. The van der Waals surface area contributed by atoms with Gasteiger partial charge in [0, 0.05) is 42.5 Å². The zero-order valence-corrected chi connectivity index (χ0v) is 16.1. The van der Waals surface area contributed by atoms with Crippen molar-refractivity contribution in [3.8, 4) is 0 Å². The largest absolute Gasteiger partial charge is 0.345 e. The maximum Gasteiger partial charge on any atom is 0.273 e. The molecule has 0 spiro atoms. The molecular formula is C20H23N3O4. The van der Waals surface area contributed by atoms with E-state index in [1.807, 2.05) is 20.8 Å². The van der Waals surface area contributed by atoms with Gasteiger partial charge in [-0.05, 0) is 29.7 Å². The van der Waals surface area contributed by atoms with Crippen LogP contribution in [-0.2, 0) is 5.41 Å². The van der Waals surface area contributed by atoms with Gasteiger partial charge in [-0.1, -0.05) is 32.9 Å². The summed E-state index contributed by atoms with van der Waals surface area (Å²) in [5, 5.41) is 14.1. The van der Waals surface area contributed by atoms with E-state index in [1.165, 1.54) is 11.0 Å². The van der Waals surface area contributed by atoms with E-state index < -0.39 is 16.2 Å². The number of nitrogens with zero attached hydrogens (tertiary/aromatic N) is 2. The summed E-state index contributed by atoms with van der Waals surface area (Å²) in [6.07, 6.45) is 0. The van der Waals surface area contributed by atoms with Gasteiger partial charge in [-0.3, -0.25) is 19.7 Å². The van der Waals surface area contributed by atoms with E-state index in [4.69, 9.17) is 0 Å². The molecule has 7 heteroatoms. The number of rotatable bonds is 4. The van der Waals surface area contributed by atoms with Crippen molar-refractivity contribution < 1.29 is 14.5 Å². The van der Waals surface area contributed by atoms with Crippen molar-refractivity contribution in [3.63, 3.8) is 0 Å². The Morgan fingerprint density at radius 2 is 1.70 bits per heavy atom. The van der Waals surface area contributed by atoms with E-state index >= 15 is 0 Å². The molecule has 1 N–H and O–H groups in total. The van der Waals surface area contributed by atoms with Crippen molar-refractivity contribution in [1.82, 2.24) is 4.90 Å². The third kappa shape index (κ3) is 4.69. The summed E-state index contributed by atoms with van der Waals surface area (Å²) in [7, 11) is 3.28. The molecule has 0 heterocycles. The molecule has 0 atom stereocenters. The normalized spacial score (nSPS) is 11.0. The van der Waals surface area contributed by atoms with Crippen molar-refractivity contribution in [2.45, 2.75) is 26.2 Å². The molecule has 0 saturated heterocycles. The molecule has 0 bridgehead atoms. The van der Waals surface area contributed by atoms with Gasteiger partial charge in [0.2, 0.25) is 0 Å². The molecule has 0 fully saturated rings. The number of nitro benzene ring substituents is 1. The van der Waals surface area contributed by atoms with Crippen LogP contribution in [0.15, 0.2) is 42.5 Å². The highest BCUT2D eigenvalue weighted by atomic mass is 16.6. The summed E-state index contributed by atoms with van der Waals surface area (Å²) in [5.74, 6) is -0.663. The number of hydrogen-bond donors (Lipinski definition) is 1. The predicted molar refractivity (Wildman–Crippen MR) is 104 cm³/mol. The second-order valence-electron chi connectivity index (χ2n) is 7.47. The minimum Gasteiger partial charge on any atom is -0.345 e. The van der Waals surface area contributed by atoms with Crippen LogP contribution < -0.4 is 5.32 Å². The van der Waals surface area contributed by atoms with Gasteiger partial charge < -0.3 is 10.2 Å². The SMILES string of the molecule is CN(C)C(=O)c1cccc(NC(=O)c2ccc(C(C)(C)C)c([N+](=O)[O-])c2)c1. The first-order chi connectivity index (χ1) is 12.5. The molecule has 2 aromatic carbocycles. The van der Waals surface area contributed by atoms with Gasteiger partial charge in [0.15, 0.2) is 0 Å². The van der Waals surface area contributed by atoms with E-state index in [1.54, 1.807) is 50.5 Å². The quantitative estimate of drug-likeness (QED) is 0.654. The molecule has 0 aliphatic carbocycles. The number of anilines is 1. The van der Waals surface area contributed by atoms with Gasteiger partial charge in [-0.25, -0.2) is 0 Å². The first-order valence-corrected chi connectivity index (χ1v) is 8.42. The van der Waals surface area contributed by atoms with Crippen LogP contribution in [0.25, 0.3) is 0 Å². The molecule has 27 heavy (non-hydrogen) atoms. The Labute approximate surface area is 158 Å². The Bertz CT molecular complexity index is 898. The summed E-state index contributed by atoms with van der Waals surface area (Å²) in [4.78, 5) is 37.0. The Morgan fingerprint density at radius 3 is 2.26 bits per heavy atom. The van der Waals surface area contributed by atoms with Crippen LogP contribution in [0.4, 0.5) is 11.4 Å². The number of hydrogen-bond acceptors (Lipinski definition) is 4. The lowest BCUT2D eigenvalue weighted by molar-refractivity contribution is -0.386. The van der Waals surface area contributed by atoms with Gasteiger partial charge in [0.05, 0.1) is 4.92 Å². The molecule has 7 nitrogen and oxygen atoms in total. The van der Waals surface area contributed by atoms with Gasteiger partial charge in [0.25, 0.3) is 17.5 Å². The van der Waals surface area contributed by atoms with Crippen molar-refractivity contribution >= 4 is 23.2 Å². The van der Waals surface area contributed by atoms with E-state index in [2.05, 4.69) is 5.32 Å². The number of nitro groups is 1. The minimum atomic E-state index is -0.479. The van der Waals surface area contributed by atoms with Crippen LogP contribution in [0.1, 0.15) is 47.1 Å². The lowest BCUT2D eigenvalue weighted by Gasteiger charge is -2.19. The smallest absolute Gasteiger partial charge is 0.273 e. The predicted octanol–water partition coefficient (Wildman–Crippen LogP) is 3.85. The fourth-order valence-electron chi connectivity index (χ4n) is 2.65. The second-order valence-corrected chi connectivity index (χ2v) is 7.47. The molecule has 2 rings (SSSR count). The highest BCUT2D eigenvalue weighted by molar-refractivity contribution is 6.05. The monoisotopic (exact) mass is 369 g/mol. The van der Waals surface area contributed by atoms with Crippen LogP contribution in [0, 0.1) is 10.1 Å². The number of amides is 2. The molecule has 142 valence electrons. The van der Waals surface area contributed by atoms with Crippen molar-refractivity contribution in [1.29, 1.82) is 0 Å². The molecule has 0 aliphatic heterocycles. The summed E-state index contributed by atoms with van der Waals surface area (Å²) in [6, 6.07) is 11.0. The first kappa shape index (κ1) is 20.1. The molecule has 0 aromatic heterocycles. The maximum atomic E-state index is 12.5. The molecule has 2 amide bonds. The van der Waals surface area contributed by atoms with Crippen LogP contribution >= 0.6 is 0 Å². The molecule has 0 aliphatic rings. The van der Waals surface area contributed by atoms with Gasteiger partial charge >= 0.3 is 0 Å². The van der Waals surface area contributed by atoms with Crippen molar-refractivity contribution in [2.24, 2.45) is 0 Å². The molecular weight excluding hydrogens is 346 g/mol. The Kier molecular flexibility index (Phi) is 5.64. The van der Waals surface area contributed by atoms with Crippen LogP contribution in [0.5, 0.6) is 0 Å². The van der Waals surface area contributed by atoms with E-state index in [0.29, 0.717) is 16.8 Å². The van der Waals surface area contributed by atoms with E-state index in [0.717, 1.165) is 0 Å². The Balaban J connectivity index is 2.31.